The molecule has 1 N–H and O–H groups in total. The van der Waals surface area contributed by atoms with Gasteiger partial charge in [-0.3, -0.25) is 4.79 Å². The lowest BCUT2D eigenvalue weighted by molar-refractivity contribution is -0.134. The van der Waals surface area contributed by atoms with Gasteiger partial charge in [-0.1, -0.05) is 39.0 Å². The van der Waals surface area contributed by atoms with Crippen LogP contribution >= 0.6 is 0 Å². The van der Waals surface area contributed by atoms with E-state index in [9.17, 15) is 9.90 Å². The zero-order valence-corrected chi connectivity index (χ0v) is 14.1. The molecule has 0 aromatic carbocycles. The molecule has 0 aliphatic rings. The number of carbonyl (C=O) groups is 1. The van der Waals surface area contributed by atoms with Crippen molar-refractivity contribution < 1.29 is 9.90 Å². The quantitative estimate of drug-likeness (QED) is 0.657. The monoisotopic (exact) mass is 293 g/mol. The number of Topliss-reactive ketones (excluding diaryl/α,β-unsaturated/α-hetero) is 1. The van der Waals surface area contributed by atoms with E-state index in [1.54, 1.807) is 13.8 Å². The molecule has 0 saturated carbocycles. The Morgan fingerprint density at radius 3 is 2.48 bits per heavy atom. The molecule has 1 aromatic rings. The van der Waals surface area contributed by atoms with Crippen molar-refractivity contribution in [3.63, 3.8) is 0 Å². The molecule has 0 radical (unpaired) electrons. The average molecular weight is 293 g/mol. The number of ketones is 1. The van der Waals surface area contributed by atoms with Gasteiger partial charge < -0.3 is 9.67 Å². The molecule has 3 nitrogen and oxygen atoms in total. The highest BCUT2D eigenvalue weighted by atomic mass is 16.3. The van der Waals surface area contributed by atoms with E-state index in [-0.39, 0.29) is 11.7 Å². The van der Waals surface area contributed by atoms with Gasteiger partial charge in [-0.2, -0.15) is 0 Å². The Hall–Kier alpha value is -1.09. The number of carbonyl (C=O) groups excluding carboxylic acids is 1. The maximum atomic E-state index is 12.2. The lowest BCUT2D eigenvalue weighted by Crippen LogP contribution is -2.32. The SMILES string of the molecule is CCCCCCC[C@@H](CC(=O)C(C)(C)O)c1cccn1C. The van der Waals surface area contributed by atoms with Crippen molar-refractivity contribution in [3.8, 4) is 0 Å². The summed E-state index contributed by atoms with van der Waals surface area (Å²) in [6.45, 7) is 5.38. The Kier molecular flexibility index (Phi) is 7.16. The largest absolute Gasteiger partial charge is 0.383 e. The summed E-state index contributed by atoms with van der Waals surface area (Å²) in [5.74, 6) is 0.146. The summed E-state index contributed by atoms with van der Waals surface area (Å²) >= 11 is 0. The summed E-state index contributed by atoms with van der Waals surface area (Å²) in [5, 5.41) is 9.89. The van der Waals surface area contributed by atoms with Crippen LogP contribution in [0.1, 0.15) is 77.3 Å². The van der Waals surface area contributed by atoms with Gasteiger partial charge in [0.1, 0.15) is 5.60 Å². The topological polar surface area (TPSA) is 42.2 Å². The van der Waals surface area contributed by atoms with Crippen molar-refractivity contribution in [1.82, 2.24) is 4.57 Å². The van der Waals surface area contributed by atoms with Crippen molar-refractivity contribution in [2.24, 2.45) is 7.05 Å². The lowest BCUT2D eigenvalue weighted by atomic mass is 9.87. The second-order valence-corrected chi connectivity index (χ2v) is 6.63. The van der Waals surface area contributed by atoms with Gasteiger partial charge in [-0.15, -0.1) is 0 Å². The summed E-state index contributed by atoms with van der Waals surface area (Å²) in [7, 11) is 2.02. The molecule has 0 fully saturated rings. The van der Waals surface area contributed by atoms with Crippen LogP contribution < -0.4 is 0 Å². The molecule has 1 aromatic heterocycles. The van der Waals surface area contributed by atoms with Crippen LogP contribution in [0.15, 0.2) is 18.3 Å². The first kappa shape index (κ1) is 18.0. The van der Waals surface area contributed by atoms with Crippen molar-refractivity contribution >= 4 is 5.78 Å². The van der Waals surface area contributed by atoms with Gasteiger partial charge in [-0.25, -0.2) is 0 Å². The molecule has 0 spiro atoms. The summed E-state index contributed by atoms with van der Waals surface area (Å²) in [4.78, 5) is 12.2. The van der Waals surface area contributed by atoms with Crippen LogP contribution in [0.4, 0.5) is 0 Å². The number of aryl methyl sites for hydroxylation is 1. The molecule has 0 unspecified atom stereocenters. The average Bonchev–Trinajstić information content (AvgIpc) is 2.82. The van der Waals surface area contributed by atoms with E-state index in [4.69, 9.17) is 0 Å². The van der Waals surface area contributed by atoms with Gasteiger partial charge in [0.2, 0.25) is 0 Å². The first-order chi connectivity index (χ1) is 9.86. The second kappa shape index (κ2) is 8.38. The normalized spacial score (nSPS) is 13.4. The first-order valence-electron chi connectivity index (χ1n) is 8.23. The van der Waals surface area contributed by atoms with Gasteiger partial charge in [0.15, 0.2) is 5.78 Å². The van der Waals surface area contributed by atoms with Gasteiger partial charge in [0.05, 0.1) is 0 Å². The number of unbranched alkanes of at least 4 members (excludes halogenated alkanes) is 4. The number of rotatable bonds is 10. The molecule has 120 valence electrons. The van der Waals surface area contributed by atoms with E-state index in [2.05, 4.69) is 17.6 Å². The fraction of sp³-hybridized carbons (Fsp3) is 0.722. The first-order valence-corrected chi connectivity index (χ1v) is 8.23. The summed E-state index contributed by atoms with van der Waals surface area (Å²) < 4.78 is 2.09. The maximum absolute atomic E-state index is 12.2. The highest BCUT2D eigenvalue weighted by molar-refractivity contribution is 5.86. The van der Waals surface area contributed by atoms with Gasteiger partial charge >= 0.3 is 0 Å². The van der Waals surface area contributed by atoms with Gasteiger partial charge in [-0.05, 0) is 32.4 Å². The van der Waals surface area contributed by atoms with Crippen LogP contribution in [0.2, 0.25) is 0 Å². The predicted molar refractivity (Wildman–Crippen MR) is 87.5 cm³/mol. The van der Waals surface area contributed by atoms with Crippen molar-refractivity contribution in [1.29, 1.82) is 0 Å². The molecule has 1 rings (SSSR count). The third kappa shape index (κ3) is 6.04. The highest BCUT2D eigenvalue weighted by Crippen LogP contribution is 2.28. The zero-order valence-electron chi connectivity index (χ0n) is 14.1. The molecule has 0 aliphatic carbocycles. The van der Waals surface area contributed by atoms with Crippen LogP contribution in [-0.4, -0.2) is 21.1 Å². The van der Waals surface area contributed by atoms with Gasteiger partial charge in [0, 0.05) is 31.3 Å². The predicted octanol–water partition coefficient (Wildman–Crippen LogP) is 4.20. The maximum Gasteiger partial charge on any atom is 0.164 e. The van der Waals surface area contributed by atoms with Crippen LogP contribution in [0, 0.1) is 0 Å². The summed E-state index contributed by atoms with van der Waals surface area (Å²) in [5.41, 5.74) is -0.0332. The Bertz CT molecular complexity index is 429. The van der Waals surface area contributed by atoms with E-state index in [1.807, 2.05) is 19.3 Å². The fourth-order valence-electron chi connectivity index (χ4n) is 2.72. The highest BCUT2D eigenvalue weighted by Gasteiger charge is 2.27. The fourth-order valence-corrected chi connectivity index (χ4v) is 2.72. The van der Waals surface area contributed by atoms with Crippen LogP contribution in [0.5, 0.6) is 0 Å². The number of hydrogen-bond donors (Lipinski definition) is 1. The van der Waals surface area contributed by atoms with Crippen LogP contribution in [0.25, 0.3) is 0 Å². The van der Waals surface area contributed by atoms with E-state index >= 15 is 0 Å². The van der Waals surface area contributed by atoms with Crippen LogP contribution in [0.3, 0.4) is 0 Å². The molecule has 1 heterocycles. The van der Waals surface area contributed by atoms with Crippen molar-refractivity contribution in [2.45, 2.75) is 77.2 Å². The smallest absolute Gasteiger partial charge is 0.164 e. The number of nitrogens with zero attached hydrogens (tertiary/aromatic N) is 1. The van der Waals surface area contributed by atoms with E-state index in [0.29, 0.717) is 6.42 Å². The molecule has 21 heavy (non-hydrogen) atoms. The van der Waals surface area contributed by atoms with E-state index < -0.39 is 5.60 Å². The molecule has 1 atom stereocenters. The van der Waals surface area contributed by atoms with Crippen molar-refractivity contribution in [3.05, 3.63) is 24.0 Å². The number of aromatic nitrogens is 1. The molecule has 3 heteroatoms. The molecule has 0 bridgehead atoms. The molecular weight excluding hydrogens is 262 g/mol. The van der Waals surface area contributed by atoms with Gasteiger partial charge in [0.25, 0.3) is 0 Å². The Morgan fingerprint density at radius 2 is 1.95 bits per heavy atom. The molecule has 0 amide bonds. The van der Waals surface area contributed by atoms with Crippen molar-refractivity contribution in [2.75, 3.05) is 0 Å². The minimum atomic E-state index is -1.23. The Balaban J connectivity index is 2.63. The summed E-state index contributed by atoms with van der Waals surface area (Å²) in [6, 6.07) is 4.11. The second-order valence-electron chi connectivity index (χ2n) is 6.63. The lowest BCUT2D eigenvalue weighted by Gasteiger charge is -2.22. The summed E-state index contributed by atoms with van der Waals surface area (Å²) in [6.07, 6.45) is 9.65. The molecule has 0 saturated heterocycles. The molecule has 0 aliphatic heterocycles. The van der Waals surface area contributed by atoms with E-state index in [0.717, 1.165) is 12.8 Å². The third-order valence-electron chi connectivity index (χ3n) is 4.17. The minimum absolute atomic E-state index is 0.0674. The Morgan fingerprint density at radius 1 is 1.29 bits per heavy atom. The Labute approximate surface area is 129 Å². The third-order valence-corrected chi connectivity index (χ3v) is 4.17. The zero-order chi connectivity index (χ0) is 15.9. The molecular formula is C18H31NO2. The number of aliphatic hydroxyl groups is 1. The van der Waals surface area contributed by atoms with E-state index in [1.165, 1.54) is 31.4 Å². The minimum Gasteiger partial charge on any atom is -0.383 e. The number of hydrogen-bond acceptors (Lipinski definition) is 2. The standard InChI is InChI=1S/C18H31NO2/c1-5-6-7-8-9-11-15(14-17(20)18(2,3)21)16-12-10-13-19(16)4/h10,12-13,15,21H,5-9,11,14H2,1-4H3/t15-/m0/s1. The van der Waals surface area contributed by atoms with Crippen LogP contribution in [-0.2, 0) is 11.8 Å².